The number of amidine groups is 1. The molecule has 11 nitrogen and oxygen atoms in total. The van der Waals surface area contributed by atoms with Crippen molar-refractivity contribution in [1.29, 1.82) is 10.5 Å². The van der Waals surface area contributed by atoms with Crippen molar-refractivity contribution in [1.82, 2.24) is 5.01 Å². The third kappa shape index (κ3) is 2.27. The topological polar surface area (TPSA) is 162 Å². The highest BCUT2D eigenvalue weighted by molar-refractivity contribution is 6.25. The van der Waals surface area contributed by atoms with Gasteiger partial charge in [0, 0.05) is 6.04 Å². The van der Waals surface area contributed by atoms with Gasteiger partial charge in [-0.3, -0.25) is 4.79 Å². The number of fused-ring (bicyclic) bond motifs is 3. The van der Waals surface area contributed by atoms with Crippen LogP contribution >= 0.6 is 0 Å². The van der Waals surface area contributed by atoms with Crippen LogP contribution in [0.5, 0.6) is 0 Å². The highest BCUT2D eigenvalue weighted by Crippen LogP contribution is 2.87. The maximum atomic E-state index is 13.9. The van der Waals surface area contributed by atoms with Crippen molar-refractivity contribution in [3.05, 3.63) is 0 Å². The number of hydrogen-bond acceptors (Lipinski definition) is 10. The Balaban J connectivity index is 1.69. The average molecular weight is 465 g/mol. The zero-order valence-electron chi connectivity index (χ0n) is 19.7. The molecular weight excluding hydrogens is 436 g/mol. The van der Waals surface area contributed by atoms with Crippen molar-refractivity contribution in [3.63, 3.8) is 0 Å². The average Bonchev–Trinajstić information content (AvgIpc) is 3.41. The van der Waals surface area contributed by atoms with E-state index in [0.717, 1.165) is 62.8 Å². The standard InChI is InChI=1S/C23H28N8O3/c1-14(2)31-19(32)22(15(3)28-31)20(12-24)18(26)27-23(21(20,22)13-25,33-29-16-8-4-5-9-16)34-30-17-10-6-7-11-17/h14H,4-11H2,1-3H3,(H2,26,27). The quantitative estimate of drug-likeness (QED) is 0.485. The van der Waals surface area contributed by atoms with E-state index in [4.69, 9.17) is 15.4 Å². The molecule has 5 aliphatic rings. The van der Waals surface area contributed by atoms with E-state index in [2.05, 4.69) is 32.5 Å². The highest BCUT2D eigenvalue weighted by Gasteiger charge is 3.08. The molecule has 2 N–H and O–H groups in total. The van der Waals surface area contributed by atoms with Gasteiger partial charge in [0.1, 0.15) is 11.3 Å². The third-order valence-electron chi connectivity index (χ3n) is 7.86. The van der Waals surface area contributed by atoms with E-state index in [9.17, 15) is 15.3 Å². The van der Waals surface area contributed by atoms with Crippen LogP contribution in [0, 0.1) is 38.9 Å². The van der Waals surface area contributed by atoms with Gasteiger partial charge in [0.2, 0.25) is 5.41 Å². The van der Waals surface area contributed by atoms with E-state index in [0.29, 0.717) is 5.71 Å². The molecule has 3 atom stereocenters. The van der Waals surface area contributed by atoms with E-state index < -0.39 is 28.1 Å². The first-order valence-electron chi connectivity index (χ1n) is 11.8. The summed E-state index contributed by atoms with van der Waals surface area (Å²) in [4.78, 5) is 30.1. The highest BCUT2D eigenvalue weighted by atomic mass is 16.8. The Labute approximate surface area is 197 Å². The van der Waals surface area contributed by atoms with Crippen LogP contribution in [0.1, 0.15) is 72.1 Å². The lowest BCUT2D eigenvalue weighted by atomic mass is 9.85. The second kappa shape index (κ2) is 7.26. The maximum absolute atomic E-state index is 13.9. The molecule has 3 aliphatic carbocycles. The van der Waals surface area contributed by atoms with E-state index in [1.165, 1.54) is 5.01 Å². The van der Waals surface area contributed by atoms with Crippen molar-refractivity contribution < 1.29 is 14.5 Å². The minimum Gasteiger partial charge on any atom is -0.386 e. The number of hydrazone groups is 1. The van der Waals surface area contributed by atoms with E-state index in [1.807, 2.05) is 0 Å². The summed E-state index contributed by atoms with van der Waals surface area (Å²) in [6.45, 7) is 5.24. The largest absolute Gasteiger partial charge is 0.422 e. The second-order valence-corrected chi connectivity index (χ2v) is 9.89. The Morgan fingerprint density at radius 3 is 1.97 bits per heavy atom. The molecule has 3 saturated carbocycles. The van der Waals surface area contributed by atoms with Crippen LogP contribution in [-0.2, 0) is 14.5 Å². The molecule has 1 spiro atoms. The summed E-state index contributed by atoms with van der Waals surface area (Å²) in [6, 6.07) is 4.06. The Kier molecular flexibility index (Phi) is 4.77. The van der Waals surface area contributed by atoms with Crippen LogP contribution < -0.4 is 5.73 Å². The van der Waals surface area contributed by atoms with Gasteiger partial charge < -0.3 is 15.4 Å². The van der Waals surface area contributed by atoms with Crippen LogP contribution in [0.25, 0.3) is 0 Å². The lowest BCUT2D eigenvalue weighted by Crippen LogP contribution is -2.48. The molecule has 3 unspecified atom stereocenters. The van der Waals surface area contributed by atoms with Crippen molar-refractivity contribution >= 4 is 28.9 Å². The summed E-state index contributed by atoms with van der Waals surface area (Å²) in [5.74, 6) is -2.89. The van der Waals surface area contributed by atoms with Crippen LogP contribution in [0.2, 0.25) is 0 Å². The molecule has 11 heteroatoms. The number of nitrogens with two attached hydrogens (primary N) is 1. The van der Waals surface area contributed by atoms with Crippen LogP contribution in [0.15, 0.2) is 20.4 Å². The van der Waals surface area contributed by atoms with E-state index >= 15 is 0 Å². The zero-order valence-corrected chi connectivity index (χ0v) is 19.7. The molecule has 0 radical (unpaired) electrons. The number of nitrogens with zero attached hydrogens (tertiary/aromatic N) is 7. The monoisotopic (exact) mass is 464 g/mol. The molecule has 1 amide bonds. The summed E-state index contributed by atoms with van der Waals surface area (Å²) >= 11 is 0. The normalized spacial score (nSPS) is 35.1. The van der Waals surface area contributed by atoms with Crippen molar-refractivity contribution in [2.75, 3.05) is 0 Å². The van der Waals surface area contributed by atoms with E-state index in [1.54, 1.807) is 20.8 Å². The molecule has 2 heterocycles. The van der Waals surface area contributed by atoms with Gasteiger partial charge in [-0.15, -0.1) is 0 Å². The molecular formula is C23H28N8O3. The molecule has 178 valence electrons. The summed E-state index contributed by atoms with van der Waals surface area (Å²) in [6.07, 6.45) is 6.91. The Morgan fingerprint density at radius 1 is 1.03 bits per heavy atom. The third-order valence-corrected chi connectivity index (χ3v) is 7.86. The summed E-state index contributed by atoms with van der Waals surface area (Å²) in [7, 11) is 0. The molecule has 0 bridgehead atoms. The molecule has 0 aromatic carbocycles. The molecule has 5 rings (SSSR count). The number of amides is 1. The Hall–Kier alpha value is -3.47. The number of carbonyl (C=O) groups is 1. The number of oxime groups is 2. The predicted octanol–water partition coefficient (Wildman–Crippen LogP) is 2.55. The minimum absolute atomic E-state index is 0.205. The van der Waals surface area contributed by atoms with Crippen molar-refractivity contribution in [3.8, 4) is 12.1 Å². The number of rotatable bonds is 5. The SMILES string of the molecule is CC1=NN(C(C)C)C(=O)C12C1(C#N)C(N)=NC(ON=C3CCCC3)(ON=C3CCCC3)C12C#N. The van der Waals surface area contributed by atoms with E-state index in [-0.39, 0.29) is 11.9 Å². The number of carbonyl (C=O) groups excluding carboxylic acids is 1. The lowest BCUT2D eigenvalue weighted by Gasteiger charge is -2.30. The molecule has 0 aromatic rings. The van der Waals surface area contributed by atoms with Crippen molar-refractivity contribution in [2.24, 2.45) is 42.4 Å². The van der Waals surface area contributed by atoms with Gasteiger partial charge in [-0.05, 0) is 72.1 Å². The van der Waals surface area contributed by atoms with Gasteiger partial charge in [0.15, 0.2) is 5.41 Å². The van der Waals surface area contributed by atoms with Gasteiger partial charge in [0.05, 0.1) is 29.3 Å². The van der Waals surface area contributed by atoms with Gasteiger partial charge in [0.25, 0.3) is 5.91 Å². The summed E-state index contributed by atoms with van der Waals surface area (Å²) in [5.41, 5.74) is 2.81. The van der Waals surface area contributed by atoms with Gasteiger partial charge in [-0.25, -0.2) is 5.01 Å². The molecule has 3 fully saturated rings. The predicted molar refractivity (Wildman–Crippen MR) is 122 cm³/mol. The first-order chi connectivity index (χ1) is 16.3. The fraction of sp³-hybridized carbons (Fsp3) is 0.696. The fourth-order valence-electron chi connectivity index (χ4n) is 6.23. The molecule has 0 aromatic heterocycles. The van der Waals surface area contributed by atoms with Gasteiger partial charge >= 0.3 is 5.91 Å². The van der Waals surface area contributed by atoms with Gasteiger partial charge in [-0.2, -0.15) is 20.6 Å². The van der Waals surface area contributed by atoms with Crippen LogP contribution in [0.4, 0.5) is 0 Å². The number of nitriles is 2. The first kappa shape index (κ1) is 22.3. The second-order valence-electron chi connectivity index (χ2n) is 9.89. The van der Waals surface area contributed by atoms with Crippen molar-refractivity contribution in [2.45, 2.75) is 84.1 Å². The Morgan fingerprint density at radius 2 is 1.56 bits per heavy atom. The van der Waals surface area contributed by atoms with Crippen LogP contribution in [-0.4, -0.2) is 45.8 Å². The van der Waals surface area contributed by atoms with Crippen LogP contribution in [0.3, 0.4) is 0 Å². The minimum atomic E-state index is -2.19. The fourth-order valence-corrected chi connectivity index (χ4v) is 6.23. The lowest BCUT2D eigenvalue weighted by molar-refractivity contribution is -0.264. The first-order valence-corrected chi connectivity index (χ1v) is 11.8. The maximum Gasteiger partial charge on any atom is 0.422 e. The summed E-state index contributed by atoms with van der Waals surface area (Å²) < 4.78 is 0. The Bertz CT molecular complexity index is 1110. The number of hydrogen-bond donors (Lipinski definition) is 1. The number of aliphatic imine (C=N–C) groups is 1. The zero-order chi connectivity index (χ0) is 24.4. The molecule has 34 heavy (non-hydrogen) atoms. The molecule has 0 saturated heterocycles. The smallest absolute Gasteiger partial charge is 0.386 e. The molecule has 2 aliphatic heterocycles. The van der Waals surface area contributed by atoms with Gasteiger partial charge in [-0.1, -0.05) is 10.3 Å². The summed E-state index contributed by atoms with van der Waals surface area (Å²) in [5, 5.41) is 35.4.